The van der Waals surface area contributed by atoms with Crippen molar-refractivity contribution in [2.45, 2.75) is 11.1 Å². The summed E-state index contributed by atoms with van der Waals surface area (Å²) in [6.45, 7) is 0. The average molecular weight is 189 g/mol. The maximum Gasteiger partial charge on any atom is 0.224 e. The zero-order valence-corrected chi connectivity index (χ0v) is 6.45. The fraction of sp³-hybridized carbons (Fsp3) is 0.500. The van der Waals surface area contributed by atoms with Crippen molar-refractivity contribution in [2.24, 2.45) is 0 Å². The lowest BCUT2D eigenvalue weighted by atomic mass is 10.7. The molecule has 0 aromatic heterocycles. The number of hydrogen-bond acceptors (Lipinski definition) is 2. The summed E-state index contributed by atoms with van der Waals surface area (Å²) in [5.41, 5.74) is -1.36. The molecule has 1 heterocycles. The summed E-state index contributed by atoms with van der Waals surface area (Å²) in [5.74, 6) is 0. The Morgan fingerprint density at radius 3 is 2.44 bits per heavy atom. The minimum atomic E-state index is -0.704. The standard InChI is InChI=1S/C4H3Cl3O2/c5-2-1-8-3(6)4(7)9-2/h1,3-4H. The number of rotatable bonds is 0. The molecular weight excluding hydrogens is 186 g/mol. The summed E-state index contributed by atoms with van der Waals surface area (Å²) in [7, 11) is 0. The molecule has 0 bridgehead atoms. The third-order valence-electron chi connectivity index (χ3n) is 0.722. The third-order valence-corrected chi connectivity index (χ3v) is 1.68. The van der Waals surface area contributed by atoms with E-state index < -0.39 is 11.1 Å². The molecule has 0 spiro atoms. The van der Waals surface area contributed by atoms with Crippen molar-refractivity contribution in [3.8, 4) is 0 Å². The molecule has 1 aliphatic heterocycles. The van der Waals surface area contributed by atoms with Crippen LogP contribution < -0.4 is 0 Å². The molecule has 0 radical (unpaired) electrons. The third kappa shape index (κ3) is 1.81. The minimum absolute atomic E-state index is 0.118. The largest absolute Gasteiger partial charge is 0.472 e. The highest BCUT2D eigenvalue weighted by Gasteiger charge is 2.23. The molecular formula is C4H3Cl3O2. The van der Waals surface area contributed by atoms with Gasteiger partial charge in [-0.05, 0) is 11.6 Å². The molecule has 0 saturated carbocycles. The van der Waals surface area contributed by atoms with E-state index in [1.807, 2.05) is 0 Å². The van der Waals surface area contributed by atoms with Crippen molar-refractivity contribution >= 4 is 34.8 Å². The zero-order chi connectivity index (χ0) is 6.85. The Morgan fingerprint density at radius 2 is 2.00 bits per heavy atom. The SMILES string of the molecule is ClC1=COC(Cl)C(Cl)O1. The Hall–Kier alpha value is 0.210. The molecule has 2 atom stereocenters. The van der Waals surface area contributed by atoms with Gasteiger partial charge in [-0.1, -0.05) is 23.2 Å². The van der Waals surface area contributed by atoms with Crippen LogP contribution in [0.3, 0.4) is 0 Å². The van der Waals surface area contributed by atoms with Crippen molar-refractivity contribution in [1.82, 2.24) is 0 Å². The predicted octanol–water partition coefficient (Wildman–Crippen LogP) is 2.20. The summed E-state index contributed by atoms with van der Waals surface area (Å²) in [5, 5.41) is 0.118. The Kier molecular flexibility index (Phi) is 2.33. The Bertz CT molecular complexity index is 136. The summed E-state index contributed by atoms with van der Waals surface area (Å²) < 4.78 is 9.45. The van der Waals surface area contributed by atoms with E-state index in [1.165, 1.54) is 6.26 Å². The molecule has 1 aliphatic rings. The summed E-state index contributed by atoms with van der Waals surface area (Å²) in [4.78, 5) is 0. The first kappa shape index (κ1) is 7.32. The second-order valence-corrected chi connectivity index (χ2v) is 2.61. The molecule has 0 fully saturated rings. The second-order valence-electron chi connectivity index (χ2n) is 1.38. The number of hydrogen-bond donors (Lipinski definition) is 0. The minimum Gasteiger partial charge on any atom is -0.472 e. The van der Waals surface area contributed by atoms with Gasteiger partial charge in [0.05, 0.1) is 0 Å². The van der Waals surface area contributed by atoms with E-state index in [2.05, 4.69) is 0 Å². The maximum absolute atomic E-state index is 5.46. The molecule has 0 aromatic rings. The van der Waals surface area contributed by atoms with Crippen molar-refractivity contribution in [1.29, 1.82) is 0 Å². The van der Waals surface area contributed by atoms with E-state index in [4.69, 9.17) is 44.3 Å². The van der Waals surface area contributed by atoms with Gasteiger partial charge in [0, 0.05) is 0 Å². The van der Waals surface area contributed by atoms with Crippen molar-refractivity contribution in [3.63, 3.8) is 0 Å². The lowest BCUT2D eigenvalue weighted by Gasteiger charge is -2.20. The number of ether oxygens (including phenoxy) is 2. The predicted molar refractivity (Wildman–Crippen MR) is 35.4 cm³/mol. The van der Waals surface area contributed by atoms with Crippen LogP contribution in [-0.4, -0.2) is 11.1 Å². The highest BCUT2D eigenvalue weighted by atomic mass is 35.5. The van der Waals surface area contributed by atoms with Crippen LogP contribution in [0.1, 0.15) is 0 Å². The quantitative estimate of drug-likeness (QED) is 0.544. The first-order valence-electron chi connectivity index (χ1n) is 2.16. The molecule has 0 N–H and O–H groups in total. The Morgan fingerprint density at radius 1 is 1.33 bits per heavy atom. The van der Waals surface area contributed by atoms with Crippen molar-refractivity contribution < 1.29 is 9.47 Å². The second kappa shape index (κ2) is 2.86. The molecule has 0 aromatic carbocycles. The van der Waals surface area contributed by atoms with Crippen LogP contribution in [0.2, 0.25) is 0 Å². The van der Waals surface area contributed by atoms with Crippen LogP contribution in [-0.2, 0) is 9.47 Å². The molecule has 0 saturated heterocycles. The van der Waals surface area contributed by atoms with Gasteiger partial charge in [0.15, 0.2) is 0 Å². The smallest absolute Gasteiger partial charge is 0.224 e. The molecule has 2 unspecified atom stereocenters. The fourth-order valence-electron chi connectivity index (χ4n) is 0.369. The average Bonchev–Trinajstić information content (AvgIpc) is 1.80. The van der Waals surface area contributed by atoms with E-state index in [9.17, 15) is 0 Å². The van der Waals surface area contributed by atoms with Gasteiger partial charge >= 0.3 is 0 Å². The monoisotopic (exact) mass is 188 g/mol. The fourth-order valence-corrected chi connectivity index (χ4v) is 0.820. The lowest BCUT2D eigenvalue weighted by Crippen LogP contribution is -2.22. The van der Waals surface area contributed by atoms with Crippen LogP contribution in [0.5, 0.6) is 0 Å². The van der Waals surface area contributed by atoms with Crippen LogP contribution in [0, 0.1) is 0 Å². The topological polar surface area (TPSA) is 18.5 Å². The van der Waals surface area contributed by atoms with Gasteiger partial charge in [0.2, 0.25) is 16.3 Å². The molecule has 0 amide bonds. The van der Waals surface area contributed by atoms with Gasteiger partial charge in [-0.15, -0.1) is 0 Å². The van der Waals surface area contributed by atoms with Crippen molar-refractivity contribution in [3.05, 3.63) is 11.5 Å². The lowest BCUT2D eigenvalue weighted by molar-refractivity contribution is 0.0490. The van der Waals surface area contributed by atoms with Crippen molar-refractivity contribution in [2.75, 3.05) is 0 Å². The van der Waals surface area contributed by atoms with E-state index in [1.54, 1.807) is 0 Å². The molecule has 0 aliphatic carbocycles. The highest BCUT2D eigenvalue weighted by Crippen LogP contribution is 2.23. The first-order chi connectivity index (χ1) is 4.20. The number of halogens is 3. The van der Waals surface area contributed by atoms with Gasteiger partial charge in [-0.25, -0.2) is 0 Å². The van der Waals surface area contributed by atoms with Gasteiger partial charge < -0.3 is 9.47 Å². The molecule has 2 nitrogen and oxygen atoms in total. The van der Waals surface area contributed by atoms with E-state index in [0.29, 0.717) is 0 Å². The van der Waals surface area contributed by atoms with E-state index in [-0.39, 0.29) is 5.22 Å². The van der Waals surface area contributed by atoms with Crippen LogP contribution >= 0.6 is 34.8 Å². The zero-order valence-electron chi connectivity index (χ0n) is 4.18. The van der Waals surface area contributed by atoms with Crippen LogP contribution in [0.15, 0.2) is 11.5 Å². The summed E-state index contributed by atoms with van der Waals surface area (Å²) >= 11 is 16.3. The summed E-state index contributed by atoms with van der Waals surface area (Å²) in [6.07, 6.45) is 1.21. The van der Waals surface area contributed by atoms with E-state index in [0.717, 1.165) is 0 Å². The van der Waals surface area contributed by atoms with Gasteiger partial charge in [0.25, 0.3) is 0 Å². The molecule has 5 heteroatoms. The van der Waals surface area contributed by atoms with Gasteiger partial charge in [-0.2, -0.15) is 0 Å². The van der Waals surface area contributed by atoms with E-state index >= 15 is 0 Å². The molecule has 52 valence electrons. The summed E-state index contributed by atoms with van der Waals surface area (Å²) in [6, 6.07) is 0. The van der Waals surface area contributed by atoms with Crippen LogP contribution in [0.25, 0.3) is 0 Å². The normalized spacial score (nSPS) is 34.3. The van der Waals surface area contributed by atoms with Gasteiger partial charge in [0.1, 0.15) is 6.26 Å². The van der Waals surface area contributed by atoms with Crippen LogP contribution in [0.4, 0.5) is 0 Å². The Labute approximate surface area is 67.3 Å². The maximum atomic E-state index is 5.46. The molecule has 1 rings (SSSR count). The molecule has 9 heavy (non-hydrogen) atoms. The highest BCUT2D eigenvalue weighted by molar-refractivity contribution is 6.31. The first-order valence-corrected chi connectivity index (χ1v) is 3.41. The Balaban J connectivity index is 2.54. The van der Waals surface area contributed by atoms with Gasteiger partial charge in [-0.3, -0.25) is 0 Å². The number of alkyl halides is 2.